The van der Waals surface area contributed by atoms with Crippen molar-refractivity contribution in [3.63, 3.8) is 0 Å². The number of para-hydroxylation sites is 1. The number of fused-ring (bicyclic) bond motifs is 2. The third kappa shape index (κ3) is 3.73. The molecule has 1 aliphatic carbocycles. The monoisotopic (exact) mass is 422 g/mol. The van der Waals surface area contributed by atoms with Crippen LogP contribution in [0.3, 0.4) is 0 Å². The van der Waals surface area contributed by atoms with Crippen molar-refractivity contribution in [3.8, 4) is 5.75 Å². The van der Waals surface area contributed by atoms with Crippen LogP contribution < -0.4 is 15.4 Å². The molecule has 1 aromatic carbocycles. The Morgan fingerprint density at radius 2 is 2.06 bits per heavy atom. The molecule has 162 valence electrons. The molecule has 8 nitrogen and oxygen atoms in total. The van der Waals surface area contributed by atoms with Crippen molar-refractivity contribution in [2.75, 3.05) is 17.2 Å². The van der Waals surface area contributed by atoms with Gasteiger partial charge in [-0.3, -0.25) is 9.59 Å². The highest BCUT2D eigenvalue weighted by molar-refractivity contribution is 6.11. The fourth-order valence-corrected chi connectivity index (χ4v) is 4.30. The first-order chi connectivity index (χ1) is 14.6. The lowest BCUT2D eigenvalue weighted by Gasteiger charge is -2.43. The molecule has 2 heterocycles. The van der Waals surface area contributed by atoms with E-state index < -0.39 is 17.0 Å². The lowest BCUT2D eigenvalue weighted by molar-refractivity contribution is -0.154. The van der Waals surface area contributed by atoms with Crippen molar-refractivity contribution in [1.82, 2.24) is 4.98 Å². The fraction of sp³-hybridized carbons (Fsp3) is 0.391. The number of carbonyl (C=O) groups excluding carboxylic acids is 2. The van der Waals surface area contributed by atoms with Crippen LogP contribution in [-0.4, -0.2) is 41.3 Å². The highest BCUT2D eigenvalue weighted by atomic mass is 16.6. The van der Waals surface area contributed by atoms with Gasteiger partial charge < -0.3 is 25.5 Å². The molecule has 1 fully saturated rings. The number of benzene rings is 1. The number of rotatable bonds is 5. The van der Waals surface area contributed by atoms with Gasteiger partial charge in [-0.25, -0.2) is 4.98 Å². The molecule has 1 aliphatic heterocycles. The Hall–Kier alpha value is -3.42. The largest absolute Gasteiger partial charge is 0.489 e. The van der Waals surface area contributed by atoms with Gasteiger partial charge in [0, 0.05) is 30.3 Å². The molecule has 1 aromatic heterocycles. The minimum absolute atomic E-state index is 0.102. The summed E-state index contributed by atoms with van der Waals surface area (Å²) in [6.07, 6.45) is 3.47. The van der Waals surface area contributed by atoms with Gasteiger partial charge in [0.25, 0.3) is 0 Å². The smallest absolute Gasteiger partial charge is 0.326 e. The molecule has 0 atom stereocenters. The minimum atomic E-state index is -0.700. The SMILES string of the molecule is CC(C)(C)OC(=O)CN1C(=O)C2(CC(Oc3cnc(N)c(C=N)c3)C2)c2ccccc21. The summed E-state index contributed by atoms with van der Waals surface area (Å²) in [6, 6.07) is 9.23. The molecule has 3 N–H and O–H groups in total. The highest BCUT2D eigenvalue weighted by Crippen LogP contribution is 2.54. The number of nitrogen functional groups attached to an aromatic ring is 1. The number of hydrogen-bond donors (Lipinski definition) is 2. The van der Waals surface area contributed by atoms with Gasteiger partial charge in [-0.05, 0) is 38.5 Å². The Bertz CT molecular complexity index is 1050. The molecule has 8 heteroatoms. The molecule has 2 aliphatic rings. The number of ether oxygens (including phenoxy) is 2. The number of nitrogens with one attached hydrogen (secondary N) is 1. The van der Waals surface area contributed by atoms with Gasteiger partial charge in [0.15, 0.2) is 0 Å². The van der Waals surface area contributed by atoms with E-state index in [4.69, 9.17) is 20.6 Å². The van der Waals surface area contributed by atoms with Crippen molar-refractivity contribution in [2.45, 2.75) is 50.7 Å². The van der Waals surface area contributed by atoms with E-state index in [1.165, 1.54) is 11.1 Å². The number of aromatic nitrogens is 1. The zero-order chi connectivity index (χ0) is 22.4. The Balaban J connectivity index is 1.51. The van der Waals surface area contributed by atoms with Crippen LogP contribution in [0.1, 0.15) is 44.7 Å². The van der Waals surface area contributed by atoms with Gasteiger partial charge >= 0.3 is 5.97 Å². The van der Waals surface area contributed by atoms with Crippen LogP contribution in [0.25, 0.3) is 0 Å². The standard InChI is InChI=1S/C23H26N4O4/c1-22(2,3)31-19(28)13-27-18-7-5-4-6-17(18)23(21(27)29)9-16(10-23)30-15-8-14(11-24)20(25)26-12-15/h4-8,11-12,16,24H,9-10,13H2,1-3H3,(H2,25,26). The van der Waals surface area contributed by atoms with Gasteiger partial charge in [0.2, 0.25) is 5.91 Å². The van der Waals surface area contributed by atoms with Crippen molar-refractivity contribution in [2.24, 2.45) is 0 Å². The summed E-state index contributed by atoms with van der Waals surface area (Å²) in [4.78, 5) is 31.4. The molecule has 0 bridgehead atoms. The number of anilines is 2. The predicted octanol–water partition coefficient (Wildman–Crippen LogP) is 2.83. The first kappa shape index (κ1) is 20.8. The van der Waals surface area contributed by atoms with Gasteiger partial charge in [-0.1, -0.05) is 18.2 Å². The van der Waals surface area contributed by atoms with E-state index in [2.05, 4.69) is 4.98 Å². The molecule has 0 saturated heterocycles. The van der Waals surface area contributed by atoms with E-state index in [0.29, 0.717) is 24.2 Å². The van der Waals surface area contributed by atoms with Crippen molar-refractivity contribution in [1.29, 1.82) is 5.41 Å². The Labute approximate surface area is 180 Å². The third-order valence-corrected chi connectivity index (χ3v) is 5.61. The summed E-state index contributed by atoms with van der Waals surface area (Å²) in [7, 11) is 0. The average Bonchev–Trinajstić information content (AvgIpc) is 2.91. The maximum absolute atomic E-state index is 13.4. The first-order valence-electron chi connectivity index (χ1n) is 10.2. The molecule has 4 rings (SSSR count). The van der Waals surface area contributed by atoms with Crippen LogP contribution >= 0.6 is 0 Å². The van der Waals surface area contributed by atoms with E-state index in [-0.39, 0.29) is 24.4 Å². The van der Waals surface area contributed by atoms with Gasteiger partial charge in [0.1, 0.15) is 29.8 Å². The number of pyridine rings is 1. The van der Waals surface area contributed by atoms with E-state index in [9.17, 15) is 9.59 Å². The predicted molar refractivity (Wildman–Crippen MR) is 117 cm³/mol. The second-order valence-corrected chi connectivity index (χ2v) is 9.01. The molecular weight excluding hydrogens is 396 g/mol. The lowest BCUT2D eigenvalue weighted by Crippen LogP contribution is -2.54. The van der Waals surface area contributed by atoms with Crippen molar-refractivity contribution < 1.29 is 19.1 Å². The van der Waals surface area contributed by atoms with E-state index >= 15 is 0 Å². The lowest BCUT2D eigenvalue weighted by atomic mass is 9.63. The van der Waals surface area contributed by atoms with Gasteiger partial charge in [0.05, 0.1) is 11.6 Å². The maximum Gasteiger partial charge on any atom is 0.326 e. The van der Waals surface area contributed by atoms with Crippen LogP contribution in [0.4, 0.5) is 11.5 Å². The average molecular weight is 422 g/mol. The summed E-state index contributed by atoms with van der Waals surface area (Å²) in [5.41, 5.74) is 6.56. The second kappa shape index (κ2) is 7.37. The molecule has 1 amide bonds. The summed E-state index contributed by atoms with van der Waals surface area (Å²) in [5, 5.41) is 7.41. The molecular formula is C23H26N4O4. The van der Waals surface area contributed by atoms with Crippen LogP contribution in [0.15, 0.2) is 36.5 Å². The maximum atomic E-state index is 13.4. The minimum Gasteiger partial charge on any atom is -0.489 e. The number of carbonyl (C=O) groups is 2. The molecule has 31 heavy (non-hydrogen) atoms. The second-order valence-electron chi connectivity index (χ2n) is 9.01. The van der Waals surface area contributed by atoms with E-state index in [1.54, 1.807) is 26.8 Å². The Kier molecular flexibility index (Phi) is 4.95. The first-order valence-corrected chi connectivity index (χ1v) is 10.2. The number of nitrogens with two attached hydrogens (primary N) is 1. The molecule has 0 radical (unpaired) electrons. The molecule has 1 saturated carbocycles. The van der Waals surface area contributed by atoms with Crippen LogP contribution in [-0.2, 0) is 19.7 Å². The zero-order valence-corrected chi connectivity index (χ0v) is 17.8. The van der Waals surface area contributed by atoms with Crippen molar-refractivity contribution >= 4 is 29.6 Å². The molecule has 0 unspecified atom stereocenters. The summed E-state index contributed by atoms with van der Waals surface area (Å²) in [5.74, 6) is 0.240. The topological polar surface area (TPSA) is 119 Å². The third-order valence-electron chi connectivity index (χ3n) is 5.61. The zero-order valence-electron chi connectivity index (χ0n) is 17.8. The summed E-state index contributed by atoms with van der Waals surface area (Å²) in [6.45, 7) is 5.28. The number of esters is 1. The van der Waals surface area contributed by atoms with Gasteiger partial charge in [-0.2, -0.15) is 0 Å². The normalized spacial score (nSPS) is 22.1. The van der Waals surface area contributed by atoms with Gasteiger partial charge in [-0.15, -0.1) is 0 Å². The van der Waals surface area contributed by atoms with Crippen LogP contribution in [0.2, 0.25) is 0 Å². The number of hydrogen-bond acceptors (Lipinski definition) is 7. The number of nitrogens with zero attached hydrogens (tertiary/aromatic N) is 2. The quantitative estimate of drug-likeness (QED) is 0.565. The van der Waals surface area contributed by atoms with E-state index in [0.717, 1.165) is 17.5 Å². The molecule has 2 aromatic rings. The highest BCUT2D eigenvalue weighted by Gasteiger charge is 2.59. The van der Waals surface area contributed by atoms with Crippen molar-refractivity contribution in [3.05, 3.63) is 47.7 Å². The van der Waals surface area contributed by atoms with Crippen LogP contribution in [0.5, 0.6) is 5.75 Å². The summed E-state index contributed by atoms with van der Waals surface area (Å²) >= 11 is 0. The Morgan fingerprint density at radius 1 is 1.35 bits per heavy atom. The van der Waals surface area contributed by atoms with E-state index in [1.807, 2.05) is 24.3 Å². The van der Waals surface area contributed by atoms with Crippen LogP contribution in [0, 0.1) is 5.41 Å². The number of amides is 1. The summed E-state index contributed by atoms with van der Waals surface area (Å²) < 4.78 is 11.4. The fourth-order valence-electron chi connectivity index (χ4n) is 4.30. The molecule has 1 spiro atoms. The Morgan fingerprint density at radius 3 is 2.74 bits per heavy atom.